The van der Waals surface area contributed by atoms with E-state index in [-0.39, 0.29) is 17.5 Å². The van der Waals surface area contributed by atoms with Crippen LogP contribution in [0.25, 0.3) is 0 Å². The number of hydrogen-bond acceptors (Lipinski definition) is 5. The molecule has 1 aromatic carbocycles. The van der Waals surface area contributed by atoms with Crippen LogP contribution >= 0.6 is 0 Å². The standard InChI is InChI=1S/C21H25FN4O2/c22-17-4-1-2-5-19(17)28-11-3-6-20(27)26-10-8-18-16(14-26)13-24-21(25-18)15-7-9-23-12-15/h1-2,4-5,13,15,23H,3,6-12,14H2/t15-/m0/s1. The summed E-state index contributed by atoms with van der Waals surface area (Å²) in [7, 11) is 0. The third-order valence-electron chi connectivity index (χ3n) is 5.36. The highest BCUT2D eigenvalue weighted by Gasteiger charge is 2.25. The summed E-state index contributed by atoms with van der Waals surface area (Å²) >= 11 is 0. The van der Waals surface area contributed by atoms with Crippen molar-refractivity contribution in [3.05, 3.63) is 53.4 Å². The minimum absolute atomic E-state index is 0.0897. The molecule has 28 heavy (non-hydrogen) atoms. The van der Waals surface area contributed by atoms with Crippen LogP contribution in [-0.2, 0) is 17.8 Å². The van der Waals surface area contributed by atoms with Gasteiger partial charge in [0.15, 0.2) is 11.6 Å². The number of carbonyl (C=O) groups excluding carboxylic acids is 1. The van der Waals surface area contributed by atoms with Gasteiger partial charge in [-0.05, 0) is 31.5 Å². The zero-order chi connectivity index (χ0) is 19.3. The van der Waals surface area contributed by atoms with Gasteiger partial charge in [-0.25, -0.2) is 14.4 Å². The van der Waals surface area contributed by atoms with Gasteiger partial charge in [-0.3, -0.25) is 4.79 Å². The number of benzene rings is 1. The van der Waals surface area contributed by atoms with Gasteiger partial charge in [-0.2, -0.15) is 0 Å². The predicted molar refractivity (Wildman–Crippen MR) is 103 cm³/mol. The summed E-state index contributed by atoms with van der Waals surface area (Å²) in [5.41, 5.74) is 2.11. The van der Waals surface area contributed by atoms with Crippen molar-refractivity contribution in [2.24, 2.45) is 0 Å². The molecule has 0 aliphatic carbocycles. The van der Waals surface area contributed by atoms with Gasteiger partial charge in [-0.1, -0.05) is 12.1 Å². The number of carbonyl (C=O) groups is 1. The number of para-hydroxylation sites is 1. The maximum atomic E-state index is 13.5. The van der Waals surface area contributed by atoms with Crippen molar-refractivity contribution < 1.29 is 13.9 Å². The Morgan fingerprint density at radius 3 is 3.07 bits per heavy atom. The Morgan fingerprint density at radius 2 is 2.25 bits per heavy atom. The largest absolute Gasteiger partial charge is 0.491 e. The molecule has 1 amide bonds. The molecule has 0 radical (unpaired) electrons. The molecule has 1 saturated heterocycles. The average molecular weight is 384 g/mol. The topological polar surface area (TPSA) is 67.3 Å². The molecule has 3 heterocycles. The van der Waals surface area contributed by atoms with E-state index in [1.54, 1.807) is 18.2 Å². The van der Waals surface area contributed by atoms with Crippen molar-refractivity contribution in [1.29, 1.82) is 0 Å². The van der Waals surface area contributed by atoms with E-state index in [1.807, 2.05) is 11.1 Å². The lowest BCUT2D eigenvalue weighted by Gasteiger charge is -2.28. The number of aromatic nitrogens is 2. The molecular weight excluding hydrogens is 359 g/mol. The first-order chi connectivity index (χ1) is 13.7. The minimum Gasteiger partial charge on any atom is -0.491 e. The van der Waals surface area contributed by atoms with E-state index in [0.29, 0.717) is 38.5 Å². The van der Waals surface area contributed by atoms with Crippen LogP contribution in [0.2, 0.25) is 0 Å². The van der Waals surface area contributed by atoms with Gasteiger partial charge in [0.25, 0.3) is 0 Å². The van der Waals surface area contributed by atoms with Crippen molar-refractivity contribution in [3.8, 4) is 5.75 Å². The first-order valence-electron chi connectivity index (χ1n) is 9.91. The summed E-state index contributed by atoms with van der Waals surface area (Å²) < 4.78 is 18.9. The number of fused-ring (bicyclic) bond motifs is 1. The monoisotopic (exact) mass is 384 g/mol. The molecule has 0 saturated carbocycles. The maximum absolute atomic E-state index is 13.5. The summed E-state index contributed by atoms with van der Waals surface area (Å²) in [6.07, 6.45) is 4.68. The van der Waals surface area contributed by atoms with Crippen LogP contribution in [-0.4, -0.2) is 47.0 Å². The van der Waals surface area contributed by atoms with Gasteiger partial charge in [-0.15, -0.1) is 0 Å². The Labute approximate surface area is 164 Å². The Bertz CT molecular complexity index is 839. The van der Waals surface area contributed by atoms with Crippen LogP contribution in [0.1, 0.15) is 42.3 Å². The Hall–Kier alpha value is -2.54. The van der Waals surface area contributed by atoms with Gasteiger partial charge in [0.2, 0.25) is 5.91 Å². The highest BCUT2D eigenvalue weighted by atomic mass is 19.1. The van der Waals surface area contributed by atoms with Crippen molar-refractivity contribution in [2.45, 2.75) is 38.1 Å². The maximum Gasteiger partial charge on any atom is 0.223 e. The van der Waals surface area contributed by atoms with Gasteiger partial charge in [0.1, 0.15) is 5.82 Å². The summed E-state index contributed by atoms with van der Waals surface area (Å²) in [4.78, 5) is 23.7. The van der Waals surface area contributed by atoms with Crippen LogP contribution in [0.4, 0.5) is 4.39 Å². The minimum atomic E-state index is -0.380. The molecule has 0 unspecified atom stereocenters. The highest BCUT2D eigenvalue weighted by molar-refractivity contribution is 5.76. The molecule has 1 N–H and O–H groups in total. The molecule has 2 aromatic rings. The normalized spacial score (nSPS) is 18.8. The van der Waals surface area contributed by atoms with Gasteiger partial charge >= 0.3 is 0 Å². The number of rotatable bonds is 6. The lowest BCUT2D eigenvalue weighted by molar-refractivity contribution is -0.132. The van der Waals surface area contributed by atoms with Crippen LogP contribution in [0.15, 0.2) is 30.5 Å². The zero-order valence-corrected chi connectivity index (χ0v) is 15.9. The van der Waals surface area contributed by atoms with Crippen molar-refractivity contribution in [1.82, 2.24) is 20.2 Å². The van der Waals surface area contributed by atoms with Crippen LogP contribution in [0.5, 0.6) is 5.75 Å². The van der Waals surface area contributed by atoms with E-state index in [4.69, 9.17) is 9.72 Å². The molecule has 4 rings (SSSR count). The first kappa shape index (κ1) is 18.8. The molecule has 2 aliphatic heterocycles. The molecule has 2 aliphatic rings. The van der Waals surface area contributed by atoms with E-state index >= 15 is 0 Å². The fraction of sp³-hybridized carbons (Fsp3) is 0.476. The van der Waals surface area contributed by atoms with Gasteiger partial charge in [0.05, 0.1) is 12.3 Å². The highest BCUT2D eigenvalue weighted by Crippen LogP contribution is 2.23. The van der Waals surface area contributed by atoms with Crippen molar-refractivity contribution in [3.63, 3.8) is 0 Å². The second-order valence-corrected chi connectivity index (χ2v) is 7.34. The summed E-state index contributed by atoms with van der Waals surface area (Å²) in [6.45, 7) is 3.52. The number of hydrogen-bond donors (Lipinski definition) is 1. The average Bonchev–Trinajstić information content (AvgIpc) is 3.26. The second kappa shape index (κ2) is 8.65. The van der Waals surface area contributed by atoms with Crippen LogP contribution in [0.3, 0.4) is 0 Å². The van der Waals surface area contributed by atoms with E-state index in [0.717, 1.165) is 43.0 Å². The molecule has 6 nitrogen and oxygen atoms in total. The van der Waals surface area contributed by atoms with E-state index in [1.165, 1.54) is 6.07 Å². The Kier molecular flexibility index (Phi) is 5.81. The Balaban J connectivity index is 1.26. The predicted octanol–water partition coefficient (Wildman–Crippen LogP) is 2.44. The molecule has 1 atom stereocenters. The summed E-state index contributed by atoms with van der Waals surface area (Å²) in [5, 5.41) is 3.35. The molecule has 0 bridgehead atoms. The lowest BCUT2D eigenvalue weighted by atomic mass is 10.0. The fourth-order valence-electron chi connectivity index (χ4n) is 3.74. The third-order valence-corrected chi connectivity index (χ3v) is 5.36. The van der Waals surface area contributed by atoms with Crippen LogP contribution < -0.4 is 10.1 Å². The number of amides is 1. The van der Waals surface area contributed by atoms with Crippen LogP contribution in [0, 0.1) is 5.82 Å². The van der Waals surface area contributed by atoms with E-state index in [9.17, 15) is 9.18 Å². The quantitative estimate of drug-likeness (QED) is 0.775. The number of nitrogens with one attached hydrogen (secondary N) is 1. The Morgan fingerprint density at radius 1 is 1.36 bits per heavy atom. The second-order valence-electron chi connectivity index (χ2n) is 7.34. The molecule has 7 heteroatoms. The smallest absolute Gasteiger partial charge is 0.223 e. The zero-order valence-electron chi connectivity index (χ0n) is 15.9. The molecule has 148 valence electrons. The van der Waals surface area contributed by atoms with E-state index in [2.05, 4.69) is 10.3 Å². The number of nitrogens with zero attached hydrogens (tertiary/aromatic N) is 3. The lowest BCUT2D eigenvalue weighted by Crippen LogP contribution is -2.36. The summed E-state index contributed by atoms with van der Waals surface area (Å²) in [6, 6.07) is 6.31. The van der Waals surface area contributed by atoms with Gasteiger partial charge in [0, 0.05) is 50.2 Å². The number of ether oxygens (including phenoxy) is 1. The van der Waals surface area contributed by atoms with Gasteiger partial charge < -0.3 is 15.0 Å². The summed E-state index contributed by atoms with van der Waals surface area (Å²) in [5.74, 6) is 1.27. The van der Waals surface area contributed by atoms with E-state index < -0.39 is 0 Å². The van der Waals surface area contributed by atoms with Crippen molar-refractivity contribution >= 4 is 5.91 Å². The number of halogens is 1. The molecular formula is C21H25FN4O2. The SMILES string of the molecule is O=C(CCCOc1ccccc1F)N1CCc2nc([C@H]3CCNC3)ncc2C1. The molecule has 1 fully saturated rings. The first-order valence-corrected chi connectivity index (χ1v) is 9.91. The third kappa shape index (κ3) is 4.30. The fourth-order valence-corrected chi connectivity index (χ4v) is 3.74. The molecule has 1 aromatic heterocycles. The van der Waals surface area contributed by atoms with Crippen molar-refractivity contribution in [2.75, 3.05) is 26.2 Å². The molecule has 0 spiro atoms.